The van der Waals surface area contributed by atoms with E-state index in [9.17, 15) is 4.79 Å². The Kier molecular flexibility index (Phi) is 3.50. The van der Waals surface area contributed by atoms with Gasteiger partial charge in [-0.05, 0) is 11.6 Å². The van der Waals surface area contributed by atoms with Gasteiger partial charge in [0.05, 0.1) is 6.61 Å². The molecule has 1 aromatic heterocycles. The Balaban J connectivity index is 2.17. The highest BCUT2D eigenvalue weighted by Crippen LogP contribution is 2.31. The summed E-state index contributed by atoms with van der Waals surface area (Å²) in [6, 6.07) is 5.69. The molecule has 1 aromatic carbocycles. The molecule has 0 saturated heterocycles. The van der Waals surface area contributed by atoms with Gasteiger partial charge in [-0.15, -0.1) is 0 Å². The fourth-order valence-electron chi connectivity index (χ4n) is 2.55. The van der Waals surface area contributed by atoms with Crippen LogP contribution in [0.3, 0.4) is 0 Å². The van der Waals surface area contributed by atoms with E-state index in [1.807, 2.05) is 25.2 Å². The molecule has 0 fully saturated rings. The van der Waals surface area contributed by atoms with Crippen LogP contribution in [-0.4, -0.2) is 30.6 Å². The van der Waals surface area contributed by atoms with E-state index in [0.29, 0.717) is 12.2 Å². The number of nitrogens with zero attached hydrogens (tertiary/aromatic N) is 1. The Morgan fingerprint density at radius 1 is 1.33 bits per heavy atom. The van der Waals surface area contributed by atoms with Crippen LogP contribution in [0.4, 0.5) is 5.69 Å². The van der Waals surface area contributed by atoms with Gasteiger partial charge in [0.25, 0.3) is 0 Å². The second-order valence-electron chi connectivity index (χ2n) is 4.83. The number of rotatable bonds is 3. The highest BCUT2D eigenvalue weighted by molar-refractivity contribution is 6.05. The van der Waals surface area contributed by atoms with Crippen molar-refractivity contribution in [2.24, 2.45) is 0 Å². The Bertz CT molecular complexity index is 725. The van der Waals surface area contributed by atoms with Gasteiger partial charge in [0.2, 0.25) is 0 Å². The van der Waals surface area contributed by atoms with E-state index in [0.717, 1.165) is 27.9 Å². The van der Waals surface area contributed by atoms with Crippen molar-refractivity contribution in [3.63, 3.8) is 0 Å². The van der Waals surface area contributed by atoms with E-state index in [1.54, 1.807) is 12.4 Å². The molecule has 21 heavy (non-hydrogen) atoms. The van der Waals surface area contributed by atoms with Crippen LogP contribution in [0, 0.1) is 5.41 Å². The van der Waals surface area contributed by atoms with Crippen molar-refractivity contribution in [3.05, 3.63) is 47.3 Å². The molecule has 0 bridgehead atoms. The van der Waals surface area contributed by atoms with E-state index in [-0.39, 0.29) is 12.4 Å². The van der Waals surface area contributed by atoms with E-state index in [1.165, 1.54) is 6.21 Å². The molecule has 2 N–H and O–H groups in total. The lowest BCUT2D eigenvalue weighted by Crippen LogP contribution is -2.19. The zero-order chi connectivity index (χ0) is 14.8. The molecular formula is C16H15N3O2. The van der Waals surface area contributed by atoms with Crippen molar-refractivity contribution in [2.75, 3.05) is 19.0 Å². The van der Waals surface area contributed by atoms with Gasteiger partial charge in [0.15, 0.2) is 5.78 Å². The lowest BCUT2D eigenvalue weighted by molar-refractivity contribution is 0.0665. The number of pyridine rings is 1. The molecule has 5 heteroatoms. The average molecular weight is 281 g/mol. The summed E-state index contributed by atoms with van der Waals surface area (Å²) in [5.74, 6) is -0.0178. The van der Waals surface area contributed by atoms with Crippen molar-refractivity contribution in [3.8, 4) is 11.1 Å². The molecule has 0 saturated carbocycles. The van der Waals surface area contributed by atoms with Gasteiger partial charge in [-0.1, -0.05) is 12.1 Å². The molecule has 0 unspecified atom stereocenters. The lowest BCUT2D eigenvalue weighted by atomic mass is 9.93. The first-order valence-electron chi connectivity index (χ1n) is 6.65. The molecule has 3 rings (SSSR count). The summed E-state index contributed by atoms with van der Waals surface area (Å²) in [4.78, 5) is 16.4. The number of ketones is 1. The quantitative estimate of drug-likeness (QED) is 0.848. The largest absolute Gasteiger partial charge is 0.388 e. The maximum absolute atomic E-state index is 12.2. The third-order valence-electron chi connectivity index (χ3n) is 3.58. The third-order valence-corrected chi connectivity index (χ3v) is 3.58. The Morgan fingerprint density at radius 2 is 2.19 bits per heavy atom. The zero-order valence-corrected chi connectivity index (χ0v) is 11.6. The number of hydrogen-bond acceptors (Lipinski definition) is 5. The van der Waals surface area contributed by atoms with Gasteiger partial charge in [0, 0.05) is 53.6 Å². The summed E-state index contributed by atoms with van der Waals surface area (Å²) in [5.41, 5.74) is 4.89. The SMILES string of the molecule is CNc1cc(-c2cncc3c2C(=O)COC3)ccc1C=N. The fraction of sp³-hybridized carbons (Fsp3) is 0.188. The van der Waals surface area contributed by atoms with Crippen LogP contribution in [-0.2, 0) is 11.3 Å². The van der Waals surface area contributed by atoms with E-state index >= 15 is 0 Å². The van der Waals surface area contributed by atoms with Crippen molar-refractivity contribution in [1.29, 1.82) is 5.41 Å². The number of carbonyl (C=O) groups is 1. The number of hydrogen-bond donors (Lipinski definition) is 2. The van der Waals surface area contributed by atoms with Crippen LogP contribution >= 0.6 is 0 Å². The highest BCUT2D eigenvalue weighted by atomic mass is 16.5. The molecule has 0 atom stereocenters. The summed E-state index contributed by atoms with van der Waals surface area (Å²) in [5, 5.41) is 10.5. The maximum atomic E-state index is 12.2. The highest BCUT2D eigenvalue weighted by Gasteiger charge is 2.22. The predicted octanol–water partition coefficient (Wildman–Crippen LogP) is 2.50. The second kappa shape index (κ2) is 5.46. The zero-order valence-electron chi connectivity index (χ0n) is 11.6. The molecule has 106 valence electrons. The number of fused-ring (bicyclic) bond motifs is 1. The molecule has 1 aliphatic heterocycles. The van der Waals surface area contributed by atoms with Crippen molar-refractivity contribution in [2.45, 2.75) is 6.61 Å². The summed E-state index contributed by atoms with van der Waals surface area (Å²) in [6.07, 6.45) is 4.69. The van der Waals surface area contributed by atoms with Gasteiger partial charge in [-0.3, -0.25) is 9.78 Å². The average Bonchev–Trinajstić information content (AvgIpc) is 2.54. The van der Waals surface area contributed by atoms with Crippen LogP contribution in [0.1, 0.15) is 21.5 Å². The molecule has 2 heterocycles. The van der Waals surface area contributed by atoms with Gasteiger partial charge in [-0.2, -0.15) is 0 Å². The number of ether oxygens (including phenoxy) is 1. The Hall–Kier alpha value is -2.53. The first-order chi connectivity index (χ1) is 10.2. The number of nitrogens with one attached hydrogen (secondary N) is 2. The summed E-state index contributed by atoms with van der Waals surface area (Å²) in [6.45, 7) is 0.529. The molecule has 0 amide bonds. The van der Waals surface area contributed by atoms with Crippen LogP contribution < -0.4 is 5.32 Å². The summed E-state index contributed by atoms with van der Waals surface area (Å²) < 4.78 is 5.25. The molecule has 1 aliphatic rings. The van der Waals surface area contributed by atoms with Crippen LogP contribution in [0.5, 0.6) is 0 Å². The van der Waals surface area contributed by atoms with Crippen LogP contribution in [0.25, 0.3) is 11.1 Å². The number of Topliss-reactive ketones (excluding diaryl/α,β-unsaturated/α-hetero) is 1. The molecule has 2 aromatic rings. The molecule has 0 aliphatic carbocycles. The minimum atomic E-state index is -0.0178. The minimum absolute atomic E-state index is 0.0178. The normalized spacial score (nSPS) is 13.7. The van der Waals surface area contributed by atoms with E-state index in [2.05, 4.69) is 10.3 Å². The lowest BCUT2D eigenvalue weighted by Gasteiger charge is -2.18. The van der Waals surface area contributed by atoms with E-state index in [4.69, 9.17) is 10.1 Å². The standard InChI is InChI=1S/C16H15N3O2/c1-18-14-4-10(2-3-11(14)5-17)13-7-19-6-12-8-21-9-15(20)16(12)13/h2-7,17-18H,8-9H2,1H3. The summed E-state index contributed by atoms with van der Waals surface area (Å²) >= 11 is 0. The first-order valence-corrected chi connectivity index (χ1v) is 6.65. The molecule has 0 radical (unpaired) electrons. The second-order valence-corrected chi connectivity index (χ2v) is 4.83. The van der Waals surface area contributed by atoms with Gasteiger partial charge in [-0.25, -0.2) is 0 Å². The Labute approximate surface area is 122 Å². The number of benzene rings is 1. The monoisotopic (exact) mass is 281 g/mol. The van der Waals surface area contributed by atoms with Crippen LogP contribution in [0.2, 0.25) is 0 Å². The van der Waals surface area contributed by atoms with Crippen molar-refractivity contribution >= 4 is 17.7 Å². The number of aromatic nitrogens is 1. The maximum Gasteiger partial charge on any atom is 0.189 e. The van der Waals surface area contributed by atoms with Crippen molar-refractivity contribution in [1.82, 2.24) is 4.98 Å². The predicted molar refractivity (Wildman–Crippen MR) is 81.1 cm³/mol. The van der Waals surface area contributed by atoms with E-state index < -0.39 is 0 Å². The molecule has 0 spiro atoms. The first kappa shape index (κ1) is 13.5. The fourth-order valence-corrected chi connectivity index (χ4v) is 2.55. The van der Waals surface area contributed by atoms with Gasteiger partial charge in [0.1, 0.15) is 6.61 Å². The van der Waals surface area contributed by atoms with Gasteiger partial charge >= 0.3 is 0 Å². The molecular weight excluding hydrogens is 266 g/mol. The number of carbonyl (C=O) groups excluding carboxylic acids is 1. The Morgan fingerprint density at radius 3 is 2.95 bits per heavy atom. The van der Waals surface area contributed by atoms with Crippen molar-refractivity contribution < 1.29 is 9.53 Å². The number of anilines is 1. The third kappa shape index (κ3) is 2.32. The smallest absolute Gasteiger partial charge is 0.189 e. The van der Waals surface area contributed by atoms with Crippen LogP contribution in [0.15, 0.2) is 30.6 Å². The topological polar surface area (TPSA) is 75.1 Å². The molecule has 5 nitrogen and oxygen atoms in total. The summed E-state index contributed by atoms with van der Waals surface area (Å²) in [7, 11) is 1.81. The minimum Gasteiger partial charge on any atom is -0.388 e. The van der Waals surface area contributed by atoms with Gasteiger partial charge < -0.3 is 15.5 Å².